The van der Waals surface area contributed by atoms with E-state index in [0.717, 1.165) is 18.1 Å². The van der Waals surface area contributed by atoms with E-state index in [9.17, 15) is 0 Å². The average molecular weight is 200 g/mol. The molecule has 0 saturated carbocycles. The Kier molecular flexibility index (Phi) is 1.74. The van der Waals surface area contributed by atoms with Crippen LogP contribution in [0.5, 0.6) is 0 Å². The topological polar surface area (TPSA) is 53.6 Å². The predicted octanol–water partition coefficient (Wildman–Crippen LogP) is 1.82. The molecule has 4 nitrogen and oxygen atoms in total. The average Bonchev–Trinajstić information content (AvgIpc) is 2.82. The highest BCUT2D eigenvalue weighted by Crippen LogP contribution is 2.32. The van der Waals surface area contributed by atoms with E-state index in [1.807, 2.05) is 13.0 Å². The van der Waals surface area contributed by atoms with Crippen molar-refractivity contribution >= 4 is 5.69 Å². The summed E-state index contributed by atoms with van der Waals surface area (Å²) in [7, 11) is 0. The van der Waals surface area contributed by atoms with E-state index >= 15 is 0 Å². The fourth-order valence-corrected chi connectivity index (χ4v) is 1.97. The monoisotopic (exact) mass is 200 g/mol. The van der Waals surface area contributed by atoms with Gasteiger partial charge in [-0.3, -0.25) is 5.10 Å². The molecule has 1 aromatic heterocycles. The van der Waals surface area contributed by atoms with Crippen LogP contribution in [-0.4, -0.2) is 15.2 Å². The molecule has 2 heterocycles. The molecule has 3 rings (SSSR count). The fraction of sp³-hybridized carbons (Fsp3) is 0.273. The van der Waals surface area contributed by atoms with Gasteiger partial charge in [-0.25, -0.2) is 4.98 Å². The molecular formula is C11H12N4. The van der Waals surface area contributed by atoms with Gasteiger partial charge in [0.25, 0.3) is 0 Å². The van der Waals surface area contributed by atoms with Gasteiger partial charge < -0.3 is 5.32 Å². The van der Waals surface area contributed by atoms with Crippen LogP contribution in [0.1, 0.15) is 23.3 Å². The van der Waals surface area contributed by atoms with Gasteiger partial charge in [-0.05, 0) is 18.6 Å². The number of fused-ring (bicyclic) bond motifs is 1. The molecule has 0 amide bonds. The summed E-state index contributed by atoms with van der Waals surface area (Å²) < 4.78 is 0. The van der Waals surface area contributed by atoms with Crippen molar-refractivity contribution in [3.8, 4) is 0 Å². The molecule has 1 aromatic carbocycles. The summed E-state index contributed by atoms with van der Waals surface area (Å²) >= 11 is 0. The van der Waals surface area contributed by atoms with Gasteiger partial charge >= 0.3 is 0 Å². The molecule has 0 radical (unpaired) electrons. The summed E-state index contributed by atoms with van der Waals surface area (Å²) in [5.41, 5.74) is 2.54. The molecule has 1 aliphatic rings. The lowest BCUT2D eigenvalue weighted by molar-refractivity contribution is 0.753. The summed E-state index contributed by atoms with van der Waals surface area (Å²) in [4.78, 5) is 4.35. The number of hydrogen-bond donors (Lipinski definition) is 2. The van der Waals surface area contributed by atoms with Crippen LogP contribution in [-0.2, 0) is 6.42 Å². The minimum Gasteiger partial charge on any atom is -0.375 e. The first-order chi connectivity index (χ1) is 7.33. The van der Waals surface area contributed by atoms with E-state index in [0.29, 0.717) is 0 Å². The Morgan fingerprint density at radius 3 is 2.93 bits per heavy atom. The van der Waals surface area contributed by atoms with Crippen LogP contribution in [0.4, 0.5) is 5.69 Å². The molecule has 1 atom stereocenters. The molecule has 2 aromatic rings. The van der Waals surface area contributed by atoms with Crippen LogP contribution in [0.2, 0.25) is 0 Å². The van der Waals surface area contributed by atoms with E-state index in [4.69, 9.17) is 0 Å². The molecule has 2 N–H and O–H groups in total. The van der Waals surface area contributed by atoms with Crippen LogP contribution < -0.4 is 5.32 Å². The molecule has 0 saturated heterocycles. The van der Waals surface area contributed by atoms with Crippen LogP contribution in [0.15, 0.2) is 24.3 Å². The van der Waals surface area contributed by atoms with Crippen molar-refractivity contribution in [2.24, 2.45) is 0 Å². The zero-order valence-electron chi connectivity index (χ0n) is 8.49. The van der Waals surface area contributed by atoms with Crippen LogP contribution in [0, 0.1) is 6.92 Å². The fourth-order valence-electron chi connectivity index (χ4n) is 1.97. The van der Waals surface area contributed by atoms with Gasteiger partial charge in [0.1, 0.15) is 5.82 Å². The SMILES string of the molecule is Cc1nc([C@@H]2Cc3ccccc3N2)n[nH]1. The van der Waals surface area contributed by atoms with E-state index in [1.54, 1.807) is 0 Å². The first-order valence-electron chi connectivity index (χ1n) is 5.06. The van der Waals surface area contributed by atoms with Crippen molar-refractivity contribution in [2.45, 2.75) is 19.4 Å². The largest absolute Gasteiger partial charge is 0.375 e. The summed E-state index contributed by atoms with van der Waals surface area (Å²) in [5.74, 6) is 1.71. The second-order valence-electron chi connectivity index (χ2n) is 3.84. The van der Waals surface area contributed by atoms with E-state index < -0.39 is 0 Å². The Bertz CT molecular complexity index is 464. The van der Waals surface area contributed by atoms with Crippen molar-refractivity contribution in [1.29, 1.82) is 0 Å². The Labute approximate surface area is 87.7 Å². The minimum absolute atomic E-state index is 0.215. The Morgan fingerprint density at radius 2 is 2.20 bits per heavy atom. The number of nitrogens with zero attached hydrogens (tertiary/aromatic N) is 2. The van der Waals surface area contributed by atoms with Gasteiger partial charge in [-0.2, -0.15) is 5.10 Å². The molecule has 76 valence electrons. The summed E-state index contributed by atoms with van der Waals surface area (Å²) in [6.45, 7) is 1.92. The highest BCUT2D eigenvalue weighted by molar-refractivity contribution is 5.57. The summed E-state index contributed by atoms with van der Waals surface area (Å²) in [6, 6.07) is 8.55. The highest BCUT2D eigenvalue weighted by Gasteiger charge is 2.24. The number of hydrogen-bond acceptors (Lipinski definition) is 3. The first kappa shape index (κ1) is 8.47. The van der Waals surface area contributed by atoms with E-state index in [2.05, 4.69) is 38.7 Å². The maximum atomic E-state index is 4.35. The number of anilines is 1. The van der Waals surface area contributed by atoms with Crippen molar-refractivity contribution in [1.82, 2.24) is 15.2 Å². The summed E-state index contributed by atoms with van der Waals surface area (Å²) in [6.07, 6.45) is 0.966. The molecule has 4 heteroatoms. The number of para-hydroxylation sites is 1. The zero-order chi connectivity index (χ0) is 10.3. The second-order valence-corrected chi connectivity index (χ2v) is 3.84. The molecule has 1 aliphatic heterocycles. The van der Waals surface area contributed by atoms with Gasteiger partial charge in [0.15, 0.2) is 5.82 Å². The number of benzene rings is 1. The molecule has 0 unspecified atom stereocenters. The standard InChI is InChI=1S/C11H12N4/c1-7-12-11(15-14-7)10-6-8-4-2-3-5-9(8)13-10/h2-5,10,13H,6H2,1H3,(H,12,14,15)/t10-/m0/s1. The lowest BCUT2D eigenvalue weighted by Crippen LogP contribution is -2.07. The number of aromatic amines is 1. The van der Waals surface area contributed by atoms with E-state index in [-0.39, 0.29) is 6.04 Å². The van der Waals surface area contributed by atoms with Gasteiger partial charge in [0, 0.05) is 12.1 Å². The number of aromatic nitrogens is 3. The Morgan fingerprint density at radius 1 is 1.33 bits per heavy atom. The third-order valence-corrected chi connectivity index (χ3v) is 2.70. The summed E-state index contributed by atoms with van der Waals surface area (Å²) in [5, 5.41) is 10.5. The molecule has 15 heavy (non-hydrogen) atoms. The van der Waals surface area contributed by atoms with Crippen molar-refractivity contribution in [3.63, 3.8) is 0 Å². The highest BCUT2D eigenvalue weighted by atomic mass is 15.2. The van der Waals surface area contributed by atoms with Gasteiger partial charge in [0.2, 0.25) is 0 Å². The quantitative estimate of drug-likeness (QED) is 0.738. The molecule has 0 aliphatic carbocycles. The third-order valence-electron chi connectivity index (χ3n) is 2.70. The molecule has 0 fully saturated rings. The Hall–Kier alpha value is -1.84. The van der Waals surface area contributed by atoms with Crippen molar-refractivity contribution < 1.29 is 0 Å². The molecular weight excluding hydrogens is 188 g/mol. The zero-order valence-corrected chi connectivity index (χ0v) is 8.49. The maximum Gasteiger partial charge on any atom is 0.173 e. The molecule has 0 bridgehead atoms. The molecule has 0 spiro atoms. The Balaban J connectivity index is 1.90. The first-order valence-corrected chi connectivity index (χ1v) is 5.06. The van der Waals surface area contributed by atoms with Gasteiger partial charge in [-0.1, -0.05) is 18.2 Å². The van der Waals surface area contributed by atoms with Crippen molar-refractivity contribution in [3.05, 3.63) is 41.5 Å². The third kappa shape index (κ3) is 1.38. The lowest BCUT2D eigenvalue weighted by Gasteiger charge is -2.05. The minimum atomic E-state index is 0.215. The number of rotatable bonds is 1. The van der Waals surface area contributed by atoms with Gasteiger partial charge in [0.05, 0.1) is 6.04 Å². The van der Waals surface area contributed by atoms with Crippen LogP contribution in [0.25, 0.3) is 0 Å². The predicted molar refractivity (Wildman–Crippen MR) is 57.6 cm³/mol. The number of H-pyrrole nitrogens is 1. The van der Waals surface area contributed by atoms with Crippen molar-refractivity contribution in [2.75, 3.05) is 5.32 Å². The van der Waals surface area contributed by atoms with Gasteiger partial charge in [-0.15, -0.1) is 0 Å². The number of nitrogens with one attached hydrogen (secondary N) is 2. The maximum absolute atomic E-state index is 4.35. The van der Waals surface area contributed by atoms with Crippen LogP contribution in [0.3, 0.4) is 0 Å². The lowest BCUT2D eigenvalue weighted by atomic mass is 10.1. The second kappa shape index (κ2) is 3.08. The number of aryl methyl sites for hydroxylation is 1. The smallest absolute Gasteiger partial charge is 0.173 e. The normalized spacial score (nSPS) is 18.6. The van der Waals surface area contributed by atoms with Crippen LogP contribution >= 0.6 is 0 Å². The van der Waals surface area contributed by atoms with E-state index in [1.165, 1.54) is 11.3 Å².